The molecule has 0 aliphatic carbocycles. The van der Waals surface area contributed by atoms with Gasteiger partial charge in [0, 0.05) is 30.3 Å². The Hall–Kier alpha value is -3.42. The average Bonchev–Trinajstić information content (AvgIpc) is 3.12. The molecule has 2 heterocycles. The summed E-state index contributed by atoms with van der Waals surface area (Å²) < 4.78 is -0.172. The van der Waals surface area contributed by atoms with Gasteiger partial charge in [0.05, 0.1) is 6.04 Å². The Morgan fingerprint density at radius 1 is 1.17 bits per heavy atom. The van der Waals surface area contributed by atoms with Crippen LogP contribution in [0.25, 0.3) is 0 Å². The number of carbonyl (C=O) groups is 1. The third-order valence-corrected chi connectivity index (χ3v) is 5.22. The first-order valence-corrected chi connectivity index (χ1v) is 10.1. The SMILES string of the molecule is CCCC(=O)c1ccc2c(c1)N=C[N+]2(N)c1ccnc(NC(C)c2ccccc2)n1. The van der Waals surface area contributed by atoms with Crippen LogP contribution < -0.4 is 15.8 Å². The summed E-state index contributed by atoms with van der Waals surface area (Å²) in [6.45, 7) is 4.05. The van der Waals surface area contributed by atoms with Crippen LogP contribution in [-0.2, 0) is 0 Å². The first kappa shape index (κ1) is 19.9. The maximum Gasteiger partial charge on any atom is 0.263 e. The Morgan fingerprint density at radius 2 is 1.97 bits per heavy atom. The summed E-state index contributed by atoms with van der Waals surface area (Å²) >= 11 is 0. The number of quaternary nitrogens is 1. The van der Waals surface area contributed by atoms with Gasteiger partial charge in [0.2, 0.25) is 12.3 Å². The number of aromatic nitrogens is 2. The molecule has 0 saturated heterocycles. The highest BCUT2D eigenvalue weighted by Gasteiger charge is 2.38. The fourth-order valence-electron chi connectivity index (χ4n) is 3.53. The van der Waals surface area contributed by atoms with E-state index >= 15 is 0 Å². The van der Waals surface area contributed by atoms with E-state index in [0.717, 1.165) is 17.7 Å². The zero-order chi connectivity index (χ0) is 21.1. The molecule has 7 nitrogen and oxygen atoms in total. The van der Waals surface area contributed by atoms with Crippen molar-refractivity contribution in [3.05, 3.63) is 71.9 Å². The predicted molar refractivity (Wildman–Crippen MR) is 120 cm³/mol. The van der Waals surface area contributed by atoms with E-state index in [-0.39, 0.29) is 16.4 Å². The Morgan fingerprint density at radius 3 is 2.73 bits per heavy atom. The van der Waals surface area contributed by atoms with Crippen molar-refractivity contribution in [3.8, 4) is 0 Å². The number of hydrogen-bond acceptors (Lipinski definition) is 6. The van der Waals surface area contributed by atoms with Crippen molar-refractivity contribution in [1.82, 2.24) is 14.6 Å². The molecule has 1 aromatic heterocycles. The minimum atomic E-state index is -0.172. The minimum absolute atomic E-state index is 0.0411. The number of carbonyl (C=O) groups excluding carboxylic acids is 1. The number of hydrogen-bond donors (Lipinski definition) is 2. The van der Waals surface area contributed by atoms with Gasteiger partial charge in [-0.2, -0.15) is 15.8 Å². The Kier molecular flexibility index (Phi) is 5.39. The topological polar surface area (TPSA) is 93.3 Å². The van der Waals surface area contributed by atoms with E-state index in [0.29, 0.717) is 29.4 Å². The molecule has 2 atom stereocenters. The van der Waals surface area contributed by atoms with E-state index in [1.807, 2.05) is 37.3 Å². The van der Waals surface area contributed by atoms with Crippen LogP contribution in [0.3, 0.4) is 0 Å². The van der Waals surface area contributed by atoms with Crippen LogP contribution in [0.1, 0.15) is 48.7 Å². The average molecular weight is 401 g/mol. The van der Waals surface area contributed by atoms with Crippen molar-refractivity contribution >= 4 is 35.3 Å². The fourth-order valence-corrected chi connectivity index (χ4v) is 3.53. The number of nitrogens with two attached hydrogens (primary N) is 1. The molecule has 3 N–H and O–H groups in total. The van der Waals surface area contributed by atoms with E-state index in [4.69, 9.17) is 5.84 Å². The second-order valence-electron chi connectivity index (χ2n) is 7.41. The number of aliphatic imine (C=N–C) groups is 1. The quantitative estimate of drug-likeness (QED) is 0.336. The van der Waals surface area contributed by atoms with Crippen molar-refractivity contribution in [2.45, 2.75) is 32.7 Å². The number of fused-ring (bicyclic) bond motifs is 1. The van der Waals surface area contributed by atoms with E-state index in [9.17, 15) is 4.79 Å². The molecule has 0 amide bonds. The number of Topliss-reactive ketones (excluding diaryl/α,β-unsaturated/α-hetero) is 1. The van der Waals surface area contributed by atoms with Crippen LogP contribution in [0.15, 0.2) is 65.8 Å². The molecule has 30 heavy (non-hydrogen) atoms. The Balaban J connectivity index is 1.61. The number of nitrogens with one attached hydrogen (secondary N) is 1. The van der Waals surface area contributed by atoms with Gasteiger partial charge in [0.25, 0.3) is 5.82 Å². The van der Waals surface area contributed by atoms with Gasteiger partial charge in [-0.25, -0.2) is 4.98 Å². The molecule has 0 radical (unpaired) electrons. The van der Waals surface area contributed by atoms with E-state index in [2.05, 4.69) is 39.3 Å². The number of nitrogens with zero attached hydrogens (tertiary/aromatic N) is 4. The normalized spacial score (nSPS) is 18.1. The minimum Gasteiger partial charge on any atom is -0.348 e. The van der Waals surface area contributed by atoms with Crippen LogP contribution in [0.5, 0.6) is 0 Å². The molecule has 0 fully saturated rings. The predicted octanol–water partition coefficient (Wildman–Crippen LogP) is 4.82. The summed E-state index contributed by atoms with van der Waals surface area (Å²) in [5.74, 6) is 7.86. The van der Waals surface area contributed by atoms with Gasteiger partial charge in [-0.1, -0.05) is 37.3 Å². The molecule has 1 aliphatic heterocycles. The van der Waals surface area contributed by atoms with Crippen LogP contribution >= 0.6 is 0 Å². The van der Waals surface area contributed by atoms with Crippen molar-refractivity contribution in [3.63, 3.8) is 0 Å². The molecule has 2 unspecified atom stereocenters. The molecule has 3 aromatic rings. The summed E-state index contributed by atoms with van der Waals surface area (Å²) in [5.41, 5.74) is 3.25. The zero-order valence-electron chi connectivity index (χ0n) is 17.1. The van der Waals surface area contributed by atoms with Gasteiger partial charge < -0.3 is 5.32 Å². The first-order valence-electron chi connectivity index (χ1n) is 10.1. The lowest BCUT2D eigenvalue weighted by molar-refractivity contribution is 0.0982. The second kappa shape index (κ2) is 8.14. The largest absolute Gasteiger partial charge is 0.348 e. The first-order chi connectivity index (χ1) is 14.5. The maximum atomic E-state index is 12.2. The molecular formula is C23H25N6O+. The molecule has 4 rings (SSSR count). The van der Waals surface area contributed by atoms with Gasteiger partial charge in [-0.3, -0.25) is 4.79 Å². The lowest BCUT2D eigenvalue weighted by Gasteiger charge is -2.23. The maximum absolute atomic E-state index is 12.2. The van der Waals surface area contributed by atoms with Crippen LogP contribution in [0, 0.1) is 0 Å². The molecular weight excluding hydrogens is 376 g/mol. The van der Waals surface area contributed by atoms with E-state index in [1.165, 1.54) is 0 Å². The Labute approximate surface area is 175 Å². The van der Waals surface area contributed by atoms with Gasteiger partial charge >= 0.3 is 0 Å². The van der Waals surface area contributed by atoms with Crippen LogP contribution in [0.4, 0.5) is 23.1 Å². The van der Waals surface area contributed by atoms with Crippen molar-refractivity contribution < 1.29 is 4.79 Å². The number of anilines is 1. The molecule has 0 bridgehead atoms. The summed E-state index contributed by atoms with van der Waals surface area (Å²) in [4.78, 5) is 25.7. The van der Waals surface area contributed by atoms with Crippen LogP contribution in [-0.4, -0.2) is 22.1 Å². The van der Waals surface area contributed by atoms with Gasteiger partial charge in [-0.05, 0) is 31.0 Å². The highest BCUT2D eigenvalue weighted by atomic mass is 16.1. The smallest absolute Gasteiger partial charge is 0.263 e. The van der Waals surface area contributed by atoms with Crippen LogP contribution in [0.2, 0.25) is 0 Å². The number of benzene rings is 2. The lowest BCUT2D eigenvalue weighted by Crippen LogP contribution is -2.49. The lowest BCUT2D eigenvalue weighted by atomic mass is 10.1. The van der Waals surface area contributed by atoms with Crippen molar-refractivity contribution in [2.75, 3.05) is 5.32 Å². The summed E-state index contributed by atoms with van der Waals surface area (Å²) in [5, 5.41) is 3.32. The molecule has 152 valence electrons. The summed E-state index contributed by atoms with van der Waals surface area (Å²) in [6.07, 6.45) is 4.64. The fraction of sp³-hybridized carbons (Fsp3) is 0.217. The number of rotatable bonds is 7. The molecule has 1 aliphatic rings. The summed E-state index contributed by atoms with van der Waals surface area (Å²) in [7, 11) is 0. The van der Waals surface area contributed by atoms with E-state index < -0.39 is 0 Å². The second-order valence-corrected chi connectivity index (χ2v) is 7.41. The Bertz CT molecular complexity index is 1100. The zero-order valence-corrected chi connectivity index (χ0v) is 17.1. The molecule has 7 heteroatoms. The monoisotopic (exact) mass is 401 g/mol. The van der Waals surface area contributed by atoms with Gasteiger partial charge in [-0.15, -0.1) is 4.59 Å². The number of ketones is 1. The standard InChI is InChI=1S/C23H25N6O/c1-3-7-21(30)18-10-11-20-19(14-18)26-15-29(20,24)22-12-13-25-23(28-22)27-16(2)17-8-5-4-6-9-17/h4-6,8-16H,3,7,24H2,1-2H3,(H,25,27,28)/q+1. The molecule has 0 saturated carbocycles. The van der Waals surface area contributed by atoms with Crippen molar-refractivity contribution in [2.24, 2.45) is 10.8 Å². The highest BCUT2D eigenvalue weighted by molar-refractivity contribution is 6.00. The van der Waals surface area contributed by atoms with E-state index in [1.54, 1.807) is 24.7 Å². The van der Waals surface area contributed by atoms with Gasteiger partial charge in [0.15, 0.2) is 11.5 Å². The molecule has 2 aromatic carbocycles. The summed E-state index contributed by atoms with van der Waals surface area (Å²) in [6, 6.07) is 17.4. The highest BCUT2D eigenvalue weighted by Crippen LogP contribution is 2.41. The van der Waals surface area contributed by atoms with Gasteiger partial charge in [0.1, 0.15) is 5.69 Å². The third-order valence-electron chi connectivity index (χ3n) is 5.22. The molecule has 0 spiro atoms. The third kappa shape index (κ3) is 3.72. The van der Waals surface area contributed by atoms with Crippen molar-refractivity contribution in [1.29, 1.82) is 0 Å².